The number of carbonyl (C=O) groups excluding carboxylic acids is 3. The number of rotatable bonds is 6. The first kappa shape index (κ1) is 16.4. The summed E-state index contributed by atoms with van der Waals surface area (Å²) in [6, 6.07) is 0. The van der Waals surface area contributed by atoms with Crippen LogP contribution in [0.25, 0.3) is 0 Å². The first-order valence-electron chi connectivity index (χ1n) is 6.62. The van der Waals surface area contributed by atoms with Crippen molar-refractivity contribution in [3.05, 3.63) is 28.0 Å². The summed E-state index contributed by atoms with van der Waals surface area (Å²) in [4.78, 5) is 38.3. The Labute approximate surface area is 131 Å². The van der Waals surface area contributed by atoms with Gasteiger partial charge in [-0.05, 0) is 32.8 Å². The topological polar surface area (TPSA) is 89.7 Å². The minimum absolute atomic E-state index is 0.102. The second kappa shape index (κ2) is 6.89. The molecule has 7 nitrogen and oxygen atoms in total. The molecule has 22 heavy (non-hydrogen) atoms. The summed E-state index contributed by atoms with van der Waals surface area (Å²) in [5.74, 6) is -1.21. The second-order valence-corrected chi connectivity index (χ2v) is 6.07. The van der Waals surface area contributed by atoms with Crippen molar-refractivity contribution in [3.63, 3.8) is 0 Å². The SMILES string of the molecule is COC(=O)c1noc2c1C(=O)C(SCCCN(C)C)=CC2=O. The molecule has 0 spiro atoms. The van der Waals surface area contributed by atoms with Gasteiger partial charge in [0.05, 0.1) is 12.0 Å². The molecule has 0 saturated carbocycles. The maximum Gasteiger partial charge on any atom is 0.361 e. The van der Waals surface area contributed by atoms with E-state index < -0.39 is 17.5 Å². The van der Waals surface area contributed by atoms with Gasteiger partial charge in [0.15, 0.2) is 0 Å². The third-order valence-electron chi connectivity index (χ3n) is 3.01. The van der Waals surface area contributed by atoms with E-state index in [1.54, 1.807) is 0 Å². The molecule has 1 heterocycles. The van der Waals surface area contributed by atoms with Crippen molar-refractivity contribution >= 4 is 29.3 Å². The van der Waals surface area contributed by atoms with Gasteiger partial charge in [0.2, 0.25) is 23.0 Å². The molecule has 0 bridgehead atoms. The van der Waals surface area contributed by atoms with E-state index in [-0.39, 0.29) is 17.0 Å². The maximum absolute atomic E-state index is 12.4. The summed E-state index contributed by atoms with van der Waals surface area (Å²) in [6.07, 6.45) is 2.11. The molecule has 118 valence electrons. The number of nitrogens with zero attached hydrogens (tertiary/aromatic N) is 2. The molecule has 1 aromatic heterocycles. The molecular weight excluding hydrogens is 308 g/mol. The first-order chi connectivity index (χ1) is 10.5. The molecule has 0 fully saturated rings. The number of ether oxygens (including phenoxy) is 1. The Morgan fingerprint density at radius 3 is 2.77 bits per heavy atom. The molecule has 0 N–H and O–H groups in total. The summed E-state index contributed by atoms with van der Waals surface area (Å²) in [5.41, 5.74) is -0.357. The molecule has 1 aromatic rings. The van der Waals surface area contributed by atoms with Crippen LogP contribution < -0.4 is 0 Å². The number of fused-ring (bicyclic) bond motifs is 1. The van der Waals surface area contributed by atoms with E-state index in [2.05, 4.69) is 9.89 Å². The summed E-state index contributed by atoms with van der Waals surface area (Å²) < 4.78 is 9.36. The Kier molecular flexibility index (Phi) is 5.15. The van der Waals surface area contributed by atoms with Crippen molar-refractivity contribution in [2.45, 2.75) is 6.42 Å². The number of esters is 1. The minimum atomic E-state index is -0.801. The van der Waals surface area contributed by atoms with Gasteiger partial charge >= 0.3 is 5.97 Å². The minimum Gasteiger partial charge on any atom is -0.464 e. The third kappa shape index (κ3) is 3.28. The van der Waals surface area contributed by atoms with Crippen molar-refractivity contribution in [1.29, 1.82) is 0 Å². The number of hydrogen-bond acceptors (Lipinski definition) is 8. The lowest BCUT2D eigenvalue weighted by atomic mass is 10.00. The van der Waals surface area contributed by atoms with Gasteiger partial charge in [-0.3, -0.25) is 9.59 Å². The van der Waals surface area contributed by atoms with Crippen LogP contribution in [0.15, 0.2) is 15.5 Å². The van der Waals surface area contributed by atoms with Crippen LogP contribution >= 0.6 is 11.8 Å². The lowest BCUT2D eigenvalue weighted by Gasteiger charge is -2.12. The highest BCUT2D eigenvalue weighted by molar-refractivity contribution is 8.04. The Morgan fingerprint density at radius 1 is 1.41 bits per heavy atom. The molecule has 0 saturated heterocycles. The van der Waals surface area contributed by atoms with Crippen LogP contribution in [-0.4, -0.2) is 61.1 Å². The number of aromatic nitrogens is 1. The number of carbonyl (C=O) groups is 3. The van der Waals surface area contributed by atoms with Gasteiger partial charge in [0, 0.05) is 6.08 Å². The Hall–Kier alpha value is -1.93. The average molecular weight is 324 g/mol. The van der Waals surface area contributed by atoms with Gasteiger partial charge in [0.1, 0.15) is 5.56 Å². The first-order valence-corrected chi connectivity index (χ1v) is 7.60. The van der Waals surface area contributed by atoms with E-state index in [1.165, 1.54) is 24.9 Å². The molecule has 0 unspecified atom stereocenters. The van der Waals surface area contributed by atoms with Crippen LogP contribution in [0.4, 0.5) is 0 Å². The van der Waals surface area contributed by atoms with Crippen LogP contribution in [0, 0.1) is 0 Å². The average Bonchev–Trinajstić information content (AvgIpc) is 2.93. The Balaban J connectivity index is 2.17. The monoisotopic (exact) mass is 324 g/mol. The third-order valence-corrected chi connectivity index (χ3v) is 4.12. The van der Waals surface area contributed by atoms with Crippen molar-refractivity contribution in [3.8, 4) is 0 Å². The van der Waals surface area contributed by atoms with Gasteiger partial charge in [0.25, 0.3) is 0 Å². The van der Waals surface area contributed by atoms with Crippen molar-refractivity contribution < 1.29 is 23.6 Å². The standard InChI is InChI=1S/C14H16N2O5S/c1-16(2)5-4-6-22-9-7-8(17)13-10(12(9)18)11(15-21-13)14(19)20-3/h7H,4-6H2,1-3H3. The second-order valence-electron chi connectivity index (χ2n) is 4.93. The summed E-state index contributed by atoms with van der Waals surface area (Å²) in [7, 11) is 5.10. The fourth-order valence-corrected chi connectivity index (χ4v) is 2.87. The zero-order valence-corrected chi connectivity index (χ0v) is 13.4. The van der Waals surface area contributed by atoms with E-state index in [0.717, 1.165) is 13.0 Å². The zero-order valence-electron chi connectivity index (χ0n) is 12.5. The van der Waals surface area contributed by atoms with E-state index >= 15 is 0 Å². The van der Waals surface area contributed by atoms with E-state index in [4.69, 9.17) is 4.52 Å². The summed E-state index contributed by atoms with van der Waals surface area (Å²) in [6.45, 7) is 0.883. The van der Waals surface area contributed by atoms with Crippen molar-refractivity contribution in [2.75, 3.05) is 33.5 Å². The quantitative estimate of drug-likeness (QED) is 0.573. The molecular formula is C14H16N2O5S. The summed E-state index contributed by atoms with van der Waals surface area (Å²) in [5, 5.41) is 3.48. The highest BCUT2D eigenvalue weighted by Crippen LogP contribution is 2.30. The molecule has 1 aliphatic rings. The number of allylic oxidation sites excluding steroid dienone is 2. The molecule has 8 heteroatoms. The van der Waals surface area contributed by atoms with E-state index in [1.807, 2.05) is 19.0 Å². The normalized spacial score (nSPS) is 14.1. The van der Waals surface area contributed by atoms with Gasteiger partial charge < -0.3 is 14.2 Å². The molecule has 0 amide bonds. The number of hydrogen-bond donors (Lipinski definition) is 0. The number of thioether (sulfide) groups is 1. The van der Waals surface area contributed by atoms with Crippen LogP contribution in [-0.2, 0) is 4.74 Å². The predicted octanol–water partition coefficient (Wildman–Crippen LogP) is 1.41. The Morgan fingerprint density at radius 2 is 2.14 bits per heavy atom. The smallest absolute Gasteiger partial charge is 0.361 e. The maximum atomic E-state index is 12.4. The lowest BCUT2D eigenvalue weighted by Crippen LogP contribution is -2.18. The number of ketones is 2. The number of Topliss-reactive ketones (excluding diaryl/α,β-unsaturated/α-hetero) is 1. The molecule has 0 radical (unpaired) electrons. The van der Waals surface area contributed by atoms with Gasteiger partial charge in [-0.25, -0.2) is 4.79 Å². The highest BCUT2D eigenvalue weighted by Gasteiger charge is 2.36. The van der Waals surface area contributed by atoms with E-state index in [9.17, 15) is 14.4 Å². The van der Waals surface area contributed by atoms with Gasteiger partial charge in [-0.15, -0.1) is 11.8 Å². The fraction of sp³-hybridized carbons (Fsp3) is 0.429. The fourth-order valence-electron chi connectivity index (χ4n) is 1.95. The molecule has 1 aliphatic carbocycles. The molecule has 0 aromatic carbocycles. The predicted molar refractivity (Wildman–Crippen MR) is 80.2 cm³/mol. The Bertz CT molecular complexity index is 648. The van der Waals surface area contributed by atoms with E-state index in [0.29, 0.717) is 10.7 Å². The van der Waals surface area contributed by atoms with Crippen LogP contribution in [0.5, 0.6) is 0 Å². The number of methoxy groups -OCH3 is 1. The van der Waals surface area contributed by atoms with Gasteiger partial charge in [-0.1, -0.05) is 5.16 Å². The van der Waals surface area contributed by atoms with Gasteiger partial charge in [-0.2, -0.15) is 0 Å². The summed E-state index contributed by atoms with van der Waals surface area (Å²) >= 11 is 1.29. The largest absolute Gasteiger partial charge is 0.464 e. The lowest BCUT2D eigenvalue weighted by molar-refractivity contribution is 0.0586. The molecule has 0 aliphatic heterocycles. The highest BCUT2D eigenvalue weighted by atomic mass is 32.2. The van der Waals surface area contributed by atoms with Crippen LogP contribution in [0.3, 0.4) is 0 Å². The molecule has 0 atom stereocenters. The van der Waals surface area contributed by atoms with Crippen LogP contribution in [0.2, 0.25) is 0 Å². The zero-order chi connectivity index (χ0) is 16.3. The van der Waals surface area contributed by atoms with Crippen molar-refractivity contribution in [1.82, 2.24) is 10.1 Å². The van der Waals surface area contributed by atoms with Crippen molar-refractivity contribution in [2.24, 2.45) is 0 Å². The molecule has 2 rings (SSSR count). The van der Waals surface area contributed by atoms with Crippen LogP contribution in [0.1, 0.15) is 37.8 Å².